The van der Waals surface area contributed by atoms with Crippen molar-refractivity contribution >= 4 is 58.0 Å². The molecule has 0 aromatic heterocycles. The largest absolute Gasteiger partial charge is 0.478 e. The fourth-order valence-electron chi connectivity index (χ4n) is 5.65. The molecule has 1 fully saturated rings. The molecule has 1 amide bonds. The Balaban J connectivity index is 1.82. The maximum absolute atomic E-state index is 14.6. The number of aryl methyl sites for hydroxylation is 1. The van der Waals surface area contributed by atoms with E-state index in [1.165, 1.54) is 26.0 Å². The quantitative estimate of drug-likeness (QED) is 0.288. The summed E-state index contributed by atoms with van der Waals surface area (Å²) < 4.78 is 20.7. The summed E-state index contributed by atoms with van der Waals surface area (Å²) in [4.78, 5) is 26.7. The molecule has 0 aliphatic carbocycles. The van der Waals surface area contributed by atoms with Crippen molar-refractivity contribution in [3.8, 4) is 5.75 Å². The van der Waals surface area contributed by atoms with Gasteiger partial charge in [-0.2, -0.15) is 0 Å². The SMILES string of the molecule is Cc1ccc(F)cc1[C@@H]1NC(=S)C[C@H](c2cc(Cl)ccc2OC(C)(C)C(=O)O)[C@@]12C(=O)Nc1cc(Cl)ccc12. The first-order valence-corrected chi connectivity index (χ1v) is 13.4. The Bertz CT molecular complexity index is 1550. The van der Waals surface area contributed by atoms with Crippen LogP contribution in [-0.2, 0) is 15.0 Å². The number of hydrogen-bond acceptors (Lipinski definition) is 4. The molecule has 3 N–H and O–H groups in total. The molecule has 2 heterocycles. The van der Waals surface area contributed by atoms with Crippen molar-refractivity contribution in [3.63, 3.8) is 0 Å². The zero-order chi connectivity index (χ0) is 28.3. The van der Waals surface area contributed by atoms with E-state index < -0.39 is 34.8 Å². The van der Waals surface area contributed by atoms with Crippen molar-refractivity contribution in [2.24, 2.45) is 0 Å². The topological polar surface area (TPSA) is 87.7 Å². The third-order valence-corrected chi connectivity index (χ3v) is 8.29. The van der Waals surface area contributed by atoms with Gasteiger partial charge in [-0.15, -0.1) is 0 Å². The van der Waals surface area contributed by atoms with Crippen molar-refractivity contribution in [1.82, 2.24) is 5.32 Å². The second kappa shape index (κ2) is 9.77. The third-order valence-electron chi connectivity index (χ3n) is 7.53. The van der Waals surface area contributed by atoms with Crippen LogP contribution in [0.5, 0.6) is 5.75 Å². The van der Waals surface area contributed by atoms with Crippen LogP contribution in [0.3, 0.4) is 0 Å². The highest BCUT2D eigenvalue weighted by Gasteiger charge is 2.61. The van der Waals surface area contributed by atoms with Crippen molar-refractivity contribution < 1.29 is 23.8 Å². The number of halogens is 3. The van der Waals surface area contributed by atoms with Gasteiger partial charge in [0.1, 0.15) is 17.0 Å². The Kier molecular flexibility index (Phi) is 6.85. The predicted octanol–water partition coefficient (Wildman–Crippen LogP) is 6.72. The van der Waals surface area contributed by atoms with Gasteiger partial charge in [0.2, 0.25) is 5.91 Å². The van der Waals surface area contributed by atoms with Crippen molar-refractivity contribution in [2.45, 2.75) is 50.2 Å². The normalized spacial score (nSPS) is 22.3. The Hall–Kier alpha value is -3.20. The van der Waals surface area contributed by atoms with Gasteiger partial charge in [-0.1, -0.05) is 47.6 Å². The lowest BCUT2D eigenvalue weighted by atomic mass is 9.59. The first-order valence-electron chi connectivity index (χ1n) is 12.2. The highest BCUT2D eigenvalue weighted by molar-refractivity contribution is 7.80. The van der Waals surface area contributed by atoms with Gasteiger partial charge >= 0.3 is 5.97 Å². The Morgan fingerprint density at radius 3 is 2.51 bits per heavy atom. The zero-order valence-electron chi connectivity index (χ0n) is 21.3. The van der Waals surface area contributed by atoms with Crippen LogP contribution in [0.1, 0.15) is 54.5 Å². The molecule has 0 bridgehead atoms. The summed E-state index contributed by atoms with van der Waals surface area (Å²) in [6.07, 6.45) is 0.222. The lowest BCUT2D eigenvalue weighted by molar-refractivity contribution is -0.152. The minimum atomic E-state index is -1.58. The van der Waals surface area contributed by atoms with Gasteiger partial charge in [0.25, 0.3) is 0 Å². The molecule has 2 aliphatic heterocycles. The maximum atomic E-state index is 14.6. The minimum absolute atomic E-state index is 0.222. The van der Waals surface area contributed by atoms with Crippen molar-refractivity contribution in [1.29, 1.82) is 0 Å². The number of benzene rings is 3. The number of carboxylic acids is 1. The number of piperidine rings is 1. The summed E-state index contributed by atoms with van der Waals surface area (Å²) >= 11 is 18.5. The Morgan fingerprint density at radius 2 is 1.79 bits per heavy atom. The average Bonchev–Trinajstić information content (AvgIpc) is 3.14. The van der Waals surface area contributed by atoms with Crippen molar-refractivity contribution in [2.75, 3.05) is 5.32 Å². The number of rotatable bonds is 5. The van der Waals surface area contributed by atoms with Gasteiger partial charge in [0.15, 0.2) is 5.60 Å². The molecule has 1 spiro atoms. The van der Waals surface area contributed by atoms with Gasteiger partial charge in [-0.05, 0) is 79.9 Å². The van der Waals surface area contributed by atoms with Crippen LogP contribution in [0.4, 0.5) is 10.1 Å². The number of fused-ring (bicyclic) bond motifs is 2. The maximum Gasteiger partial charge on any atom is 0.347 e. The molecular weight excluding hydrogens is 562 g/mol. The predicted molar refractivity (Wildman–Crippen MR) is 153 cm³/mol. The fourth-order valence-corrected chi connectivity index (χ4v) is 6.28. The lowest BCUT2D eigenvalue weighted by Crippen LogP contribution is -2.56. The minimum Gasteiger partial charge on any atom is -0.478 e. The summed E-state index contributed by atoms with van der Waals surface area (Å²) in [5, 5.41) is 16.9. The number of ether oxygens (including phenoxy) is 1. The van der Waals surface area contributed by atoms with Crippen LogP contribution in [0.15, 0.2) is 54.6 Å². The van der Waals surface area contributed by atoms with Gasteiger partial charge < -0.3 is 20.5 Å². The number of thiocarbonyl (C=S) groups is 1. The highest BCUT2D eigenvalue weighted by Crippen LogP contribution is 2.59. The van der Waals surface area contributed by atoms with Crippen LogP contribution in [0.2, 0.25) is 10.0 Å². The second-order valence-electron chi connectivity index (χ2n) is 10.4. The Labute approximate surface area is 240 Å². The van der Waals surface area contributed by atoms with Gasteiger partial charge in [-0.3, -0.25) is 4.79 Å². The van der Waals surface area contributed by atoms with Crippen LogP contribution < -0.4 is 15.4 Å². The third kappa shape index (κ3) is 4.54. The number of carboxylic acid groups (broad SMARTS) is 1. The molecule has 39 heavy (non-hydrogen) atoms. The molecule has 3 aromatic rings. The number of hydrogen-bond donors (Lipinski definition) is 3. The van der Waals surface area contributed by atoms with E-state index in [4.69, 9.17) is 40.2 Å². The summed E-state index contributed by atoms with van der Waals surface area (Å²) in [6.45, 7) is 4.72. The van der Waals surface area contributed by atoms with Crippen LogP contribution >= 0.6 is 35.4 Å². The molecule has 6 nitrogen and oxygen atoms in total. The lowest BCUT2D eigenvalue weighted by Gasteiger charge is -2.48. The van der Waals surface area contributed by atoms with Gasteiger partial charge in [0, 0.05) is 33.6 Å². The molecule has 5 rings (SSSR count). The van der Waals surface area contributed by atoms with E-state index in [9.17, 15) is 19.1 Å². The van der Waals surface area contributed by atoms with E-state index in [1.807, 2.05) is 6.92 Å². The van der Waals surface area contributed by atoms with E-state index in [1.54, 1.807) is 42.5 Å². The summed E-state index contributed by atoms with van der Waals surface area (Å²) in [6, 6.07) is 13.7. The molecule has 2 aliphatic rings. The van der Waals surface area contributed by atoms with E-state index in [0.29, 0.717) is 37.4 Å². The average molecular weight is 588 g/mol. The van der Waals surface area contributed by atoms with Gasteiger partial charge in [-0.25, -0.2) is 9.18 Å². The molecule has 1 saturated heterocycles. The fraction of sp³-hybridized carbons (Fsp3) is 0.276. The van der Waals surface area contributed by atoms with Crippen LogP contribution in [0, 0.1) is 12.7 Å². The number of amides is 1. The number of carbonyl (C=O) groups is 2. The van der Waals surface area contributed by atoms with Crippen molar-refractivity contribution in [3.05, 3.63) is 92.7 Å². The standard InChI is InChI=1S/C29H25Cl2FN2O4S/c1-14-4-7-17(32)12-18(14)25-29(20-8-5-16(31)11-22(20)33-26(29)35)21(13-24(39)34-25)19-10-15(30)6-9-23(19)38-28(2,3)27(36)37/h4-12,21,25H,13H2,1-3H3,(H,33,35)(H,34,39)(H,36,37)/t21-,25+,29-/m1/s1. The molecule has 202 valence electrons. The molecule has 10 heteroatoms. The van der Waals surface area contributed by atoms with Crippen LogP contribution in [-0.4, -0.2) is 27.6 Å². The molecule has 3 atom stereocenters. The number of anilines is 1. The monoisotopic (exact) mass is 586 g/mol. The molecular formula is C29H25Cl2FN2O4S. The van der Waals surface area contributed by atoms with E-state index in [2.05, 4.69) is 10.6 Å². The summed E-state index contributed by atoms with van der Waals surface area (Å²) in [5.74, 6) is -2.36. The van der Waals surface area contributed by atoms with E-state index in [-0.39, 0.29) is 18.1 Å². The van der Waals surface area contributed by atoms with E-state index >= 15 is 0 Å². The van der Waals surface area contributed by atoms with E-state index in [0.717, 1.165) is 5.56 Å². The van der Waals surface area contributed by atoms with Crippen LogP contribution in [0.25, 0.3) is 0 Å². The second-order valence-corrected chi connectivity index (χ2v) is 11.7. The molecule has 3 aromatic carbocycles. The first-order chi connectivity index (χ1) is 18.3. The Morgan fingerprint density at radius 1 is 1.10 bits per heavy atom. The number of nitrogens with one attached hydrogen (secondary N) is 2. The summed E-state index contributed by atoms with van der Waals surface area (Å²) in [5.41, 5.74) is 0.0900. The molecule has 0 unspecified atom stereocenters. The smallest absolute Gasteiger partial charge is 0.347 e. The highest BCUT2D eigenvalue weighted by atomic mass is 35.5. The number of aliphatic carboxylic acids is 1. The molecule has 0 radical (unpaired) electrons. The summed E-state index contributed by atoms with van der Waals surface area (Å²) in [7, 11) is 0. The van der Waals surface area contributed by atoms with Gasteiger partial charge in [0.05, 0.1) is 11.0 Å². The molecule has 0 saturated carbocycles. The first kappa shape index (κ1) is 27.4. The zero-order valence-corrected chi connectivity index (χ0v) is 23.6. The number of carbonyl (C=O) groups excluding carboxylic acids is 1.